The first kappa shape index (κ1) is 23.4. The van der Waals surface area contributed by atoms with Gasteiger partial charge in [-0.05, 0) is 56.2 Å². The fraction of sp³-hybridized carbons (Fsp3) is 0.407. The molecule has 4 rings (SSSR count). The predicted molar refractivity (Wildman–Crippen MR) is 126 cm³/mol. The monoisotopic (exact) mass is 432 g/mol. The zero-order chi connectivity index (χ0) is 23.4. The number of ether oxygens (including phenoxy) is 2. The van der Waals surface area contributed by atoms with Gasteiger partial charge in [0.25, 0.3) is 0 Å². The molecule has 32 heavy (non-hydrogen) atoms. The molecule has 0 N–H and O–H groups in total. The van der Waals surface area contributed by atoms with E-state index in [1.807, 2.05) is 77.1 Å². The van der Waals surface area contributed by atoms with Crippen LogP contribution in [0.15, 0.2) is 54.6 Å². The molecule has 0 saturated carbocycles. The second-order valence-corrected chi connectivity index (χ2v) is 8.88. The lowest BCUT2D eigenvalue weighted by Crippen LogP contribution is -2.50. The van der Waals surface area contributed by atoms with Crippen molar-refractivity contribution in [2.75, 3.05) is 13.1 Å². The Labute approximate surface area is 191 Å². The molecule has 2 aliphatic rings. The summed E-state index contributed by atoms with van der Waals surface area (Å²) in [6.45, 7) is 10.8. The minimum atomic E-state index is -0.505. The van der Waals surface area contributed by atoms with E-state index in [1.165, 1.54) is 0 Å². The summed E-state index contributed by atoms with van der Waals surface area (Å²) in [5.41, 5.74) is 2.87. The van der Waals surface area contributed by atoms with Gasteiger partial charge in [-0.15, -0.1) is 0 Å². The van der Waals surface area contributed by atoms with Gasteiger partial charge >= 0.3 is 6.09 Å². The molecule has 2 heterocycles. The van der Waals surface area contributed by atoms with Gasteiger partial charge in [0.15, 0.2) is 0 Å². The van der Waals surface area contributed by atoms with Crippen molar-refractivity contribution < 1.29 is 14.3 Å². The van der Waals surface area contributed by atoms with Crippen LogP contribution in [-0.4, -0.2) is 35.3 Å². The van der Waals surface area contributed by atoms with Crippen LogP contribution in [0.1, 0.15) is 64.2 Å². The maximum Gasteiger partial charge on any atom is 0.410 e. The molecule has 0 bridgehead atoms. The van der Waals surface area contributed by atoms with E-state index in [-0.39, 0.29) is 6.09 Å². The third kappa shape index (κ3) is 5.13. The Morgan fingerprint density at radius 1 is 1.06 bits per heavy atom. The van der Waals surface area contributed by atoms with Crippen LogP contribution in [-0.2, 0) is 4.74 Å². The lowest BCUT2D eigenvalue weighted by atomic mass is 9.83. The third-order valence-corrected chi connectivity index (χ3v) is 5.48. The van der Waals surface area contributed by atoms with Gasteiger partial charge in [0.05, 0.1) is 11.6 Å². The first-order chi connectivity index (χ1) is 15.3. The quantitative estimate of drug-likeness (QED) is 0.540. The summed E-state index contributed by atoms with van der Waals surface area (Å²) in [6, 6.07) is 17.8. The Hall–Kier alpha value is -3.26. The number of nitriles is 1. The highest BCUT2D eigenvalue weighted by atomic mass is 16.6. The van der Waals surface area contributed by atoms with Crippen molar-refractivity contribution in [2.45, 2.75) is 58.7 Å². The summed E-state index contributed by atoms with van der Waals surface area (Å²) in [6.07, 6.45) is 3.31. The van der Waals surface area contributed by atoms with Gasteiger partial charge in [-0.2, -0.15) is 5.26 Å². The normalized spacial score (nSPS) is 16.5. The lowest BCUT2D eigenvalue weighted by molar-refractivity contribution is -0.00115. The van der Waals surface area contributed by atoms with Gasteiger partial charge in [-0.1, -0.05) is 44.2 Å². The standard InChI is InChI=1S/C25H26N2O3.C2H6/c1-24(2,3)30-23(28)27-14-12-25(13-15-27)16-21(19-10-8-18(17-26)9-11-19)20-6-4-5-7-22(20)29-25;1-2/h4-11,16H,12-15H2,1-3H3;1-2H3. The van der Waals surface area contributed by atoms with E-state index in [2.05, 4.69) is 18.2 Å². The number of para-hydroxylation sites is 1. The largest absolute Gasteiger partial charge is 0.482 e. The molecule has 1 spiro atoms. The summed E-state index contributed by atoms with van der Waals surface area (Å²) < 4.78 is 12.0. The van der Waals surface area contributed by atoms with E-state index in [4.69, 9.17) is 14.7 Å². The Kier molecular flexibility index (Phi) is 6.93. The van der Waals surface area contributed by atoms with Crippen molar-refractivity contribution in [3.8, 4) is 11.8 Å². The highest BCUT2D eigenvalue weighted by Crippen LogP contribution is 2.43. The van der Waals surface area contributed by atoms with Crippen molar-refractivity contribution in [2.24, 2.45) is 0 Å². The summed E-state index contributed by atoms with van der Waals surface area (Å²) in [7, 11) is 0. The topological polar surface area (TPSA) is 62.6 Å². The molecular weight excluding hydrogens is 400 g/mol. The van der Waals surface area contributed by atoms with Crippen LogP contribution in [0.2, 0.25) is 0 Å². The van der Waals surface area contributed by atoms with Crippen LogP contribution in [0.25, 0.3) is 5.57 Å². The van der Waals surface area contributed by atoms with Gasteiger partial charge < -0.3 is 14.4 Å². The fourth-order valence-corrected chi connectivity index (χ4v) is 3.97. The van der Waals surface area contributed by atoms with E-state index < -0.39 is 11.2 Å². The van der Waals surface area contributed by atoms with Crippen molar-refractivity contribution in [3.05, 3.63) is 71.3 Å². The predicted octanol–water partition coefficient (Wildman–Crippen LogP) is 6.18. The molecule has 2 aromatic carbocycles. The maximum atomic E-state index is 12.5. The first-order valence-electron chi connectivity index (χ1n) is 11.3. The molecule has 5 heteroatoms. The smallest absolute Gasteiger partial charge is 0.410 e. The zero-order valence-electron chi connectivity index (χ0n) is 19.6. The van der Waals surface area contributed by atoms with Gasteiger partial charge in [0.1, 0.15) is 17.0 Å². The molecule has 0 radical (unpaired) electrons. The van der Waals surface area contributed by atoms with Gasteiger partial charge in [0.2, 0.25) is 0 Å². The number of amides is 1. The van der Waals surface area contributed by atoms with E-state index >= 15 is 0 Å². The number of carbonyl (C=O) groups is 1. The third-order valence-electron chi connectivity index (χ3n) is 5.48. The number of carbonyl (C=O) groups excluding carboxylic acids is 1. The fourth-order valence-electron chi connectivity index (χ4n) is 3.97. The van der Waals surface area contributed by atoms with E-state index in [0.29, 0.717) is 31.5 Å². The lowest BCUT2D eigenvalue weighted by Gasteiger charge is -2.43. The Balaban J connectivity index is 0.00000141. The van der Waals surface area contributed by atoms with Gasteiger partial charge in [0, 0.05) is 31.5 Å². The molecule has 2 aliphatic heterocycles. The van der Waals surface area contributed by atoms with Crippen LogP contribution in [0.5, 0.6) is 5.75 Å². The van der Waals surface area contributed by atoms with Crippen molar-refractivity contribution in [3.63, 3.8) is 0 Å². The summed E-state index contributed by atoms with van der Waals surface area (Å²) in [5, 5.41) is 9.11. The summed E-state index contributed by atoms with van der Waals surface area (Å²) >= 11 is 0. The van der Waals surface area contributed by atoms with E-state index in [1.54, 1.807) is 4.90 Å². The molecule has 1 fully saturated rings. The molecule has 5 nitrogen and oxygen atoms in total. The minimum absolute atomic E-state index is 0.273. The average molecular weight is 433 g/mol. The summed E-state index contributed by atoms with van der Waals surface area (Å²) in [4.78, 5) is 14.2. The molecule has 0 aromatic heterocycles. The van der Waals surface area contributed by atoms with Crippen molar-refractivity contribution >= 4 is 11.7 Å². The number of piperidine rings is 1. The number of fused-ring (bicyclic) bond motifs is 1. The molecule has 168 valence electrons. The minimum Gasteiger partial charge on any atom is -0.482 e. The second kappa shape index (κ2) is 9.48. The van der Waals surface area contributed by atoms with E-state index in [0.717, 1.165) is 22.4 Å². The molecule has 0 unspecified atom stereocenters. The maximum absolute atomic E-state index is 12.5. The number of likely N-dealkylation sites (tertiary alicyclic amines) is 1. The van der Waals surface area contributed by atoms with Crippen LogP contribution < -0.4 is 4.74 Å². The SMILES string of the molecule is CC.CC(C)(C)OC(=O)N1CCC2(C=C(c3ccc(C#N)cc3)c3ccccc3O2)CC1. The number of rotatable bonds is 1. The number of nitrogens with zero attached hydrogens (tertiary/aromatic N) is 2. The first-order valence-corrected chi connectivity index (χ1v) is 11.3. The van der Waals surface area contributed by atoms with E-state index in [9.17, 15) is 4.79 Å². The van der Waals surface area contributed by atoms with Crippen LogP contribution in [0.3, 0.4) is 0 Å². The van der Waals surface area contributed by atoms with Crippen LogP contribution in [0, 0.1) is 11.3 Å². The van der Waals surface area contributed by atoms with Gasteiger partial charge in [-0.3, -0.25) is 0 Å². The average Bonchev–Trinajstić information content (AvgIpc) is 2.79. The molecule has 1 amide bonds. The van der Waals surface area contributed by atoms with Crippen molar-refractivity contribution in [1.29, 1.82) is 5.26 Å². The van der Waals surface area contributed by atoms with Crippen LogP contribution in [0.4, 0.5) is 4.79 Å². The second-order valence-electron chi connectivity index (χ2n) is 8.88. The molecule has 1 saturated heterocycles. The molecule has 2 aromatic rings. The molecule has 0 aliphatic carbocycles. The highest BCUT2D eigenvalue weighted by molar-refractivity contribution is 5.85. The molecular formula is C27H32N2O3. The Bertz CT molecular complexity index is 1020. The number of hydrogen-bond acceptors (Lipinski definition) is 4. The number of hydrogen-bond donors (Lipinski definition) is 0. The van der Waals surface area contributed by atoms with Gasteiger partial charge in [-0.25, -0.2) is 4.79 Å². The number of benzene rings is 2. The van der Waals surface area contributed by atoms with Crippen LogP contribution >= 0.6 is 0 Å². The van der Waals surface area contributed by atoms with Crippen molar-refractivity contribution in [1.82, 2.24) is 4.90 Å². The highest BCUT2D eigenvalue weighted by Gasteiger charge is 2.40. The molecule has 0 atom stereocenters. The summed E-state index contributed by atoms with van der Waals surface area (Å²) in [5.74, 6) is 0.852. The zero-order valence-corrected chi connectivity index (χ0v) is 19.6. The Morgan fingerprint density at radius 2 is 1.69 bits per heavy atom. The Morgan fingerprint density at radius 3 is 2.28 bits per heavy atom.